The fraction of sp³-hybridized carbons (Fsp3) is 0.429. The van der Waals surface area contributed by atoms with Crippen LogP contribution in [0.5, 0.6) is 0 Å². The summed E-state index contributed by atoms with van der Waals surface area (Å²) in [5.41, 5.74) is 3.64. The molecule has 0 saturated heterocycles. The van der Waals surface area contributed by atoms with Crippen molar-refractivity contribution in [3.63, 3.8) is 0 Å². The van der Waals surface area contributed by atoms with Crippen LogP contribution in [0.2, 0.25) is 0 Å². The van der Waals surface area contributed by atoms with Crippen LogP contribution >= 0.6 is 0 Å². The molecular formula is C14H18O4. The number of aliphatic carboxylic acids is 2. The Bertz CT molecular complexity index is 454. The monoisotopic (exact) mass is 250 g/mol. The van der Waals surface area contributed by atoms with E-state index in [9.17, 15) is 14.7 Å². The van der Waals surface area contributed by atoms with Crippen LogP contribution in [0.15, 0.2) is 12.1 Å². The topological polar surface area (TPSA) is 74.6 Å². The van der Waals surface area contributed by atoms with E-state index < -0.39 is 17.9 Å². The van der Waals surface area contributed by atoms with Crippen molar-refractivity contribution >= 4 is 11.9 Å². The van der Waals surface area contributed by atoms with Crippen molar-refractivity contribution in [2.75, 3.05) is 0 Å². The van der Waals surface area contributed by atoms with E-state index in [-0.39, 0.29) is 12.8 Å². The Morgan fingerprint density at radius 3 is 2.00 bits per heavy atom. The summed E-state index contributed by atoms with van der Waals surface area (Å²) in [6.45, 7) is 5.69. The molecule has 0 aromatic heterocycles. The summed E-state index contributed by atoms with van der Waals surface area (Å²) in [7, 11) is 0. The number of aryl methyl sites for hydroxylation is 3. The summed E-state index contributed by atoms with van der Waals surface area (Å²) >= 11 is 0. The van der Waals surface area contributed by atoms with Crippen molar-refractivity contribution in [1.82, 2.24) is 0 Å². The van der Waals surface area contributed by atoms with Crippen LogP contribution in [0.25, 0.3) is 0 Å². The third-order valence-corrected chi connectivity index (χ3v) is 3.03. The molecule has 0 amide bonds. The number of carbonyl (C=O) groups is 2. The van der Waals surface area contributed by atoms with Crippen molar-refractivity contribution in [2.24, 2.45) is 0 Å². The van der Waals surface area contributed by atoms with Gasteiger partial charge >= 0.3 is 11.9 Å². The zero-order valence-corrected chi connectivity index (χ0v) is 10.9. The number of rotatable bonds is 5. The molecule has 0 radical (unpaired) electrons. The molecule has 0 fully saturated rings. The second kappa shape index (κ2) is 5.67. The van der Waals surface area contributed by atoms with Crippen molar-refractivity contribution in [1.29, 1.82) is 0 Å². The molecule has 18 heavy (non-hydrogen) atoms. The Morgan fingerprint density at radius 2 is 1.61 bits per heavy atom. The van der Waals surface area contributed by atoms with Crippen LogP contribution in [0.4, 0.5) is 0 Å². The fourth-order valence-electron chi connectivity index (χ4n) is 2.40. The number of benzene rings is 1. The lowest BCUT2D eigenvalue weighted by molar-refractivity contribution is -0.140. The van der Waals surface area contributed by atoms with Crippen LogP contribution in [-0.2, 0) is 9.59 Å². The minimum atomic E-state index is -0.969. The minimum Gasteiger partial charge on any atom is -0.481 e. The molecule has 1 rings (SSSR count). The number of carboxylic acid groups (broad SMARTS) is 2. The summed E-state index contributed by atoms with van der Waals surface area (Å²) < 4.78 is 0. The maximum absolute atomic E-state index is 11.3. The van der Waals surface area contributed by atoms with Crippen LogP contribution in [0, 0.1) is 20.8 Å². The number of hydrogen-bond donors (Lipinski definition) is 2. The van der Waals surface area contributed by atoms with Gasteiger partial charge in [0.15, 0.2) is 0 Å². The molecule has 0 aliphatic heterocycles. The maximum atomic E-state index is 11.3. The lowest BCUT2D eigenvalue weighted by Gasteiger charge is -2.18. The van der Waals surface area contributed by atoms with Crippen molar-refractivity contribution in [3.05, 3.63) is 34.4 Å². The molecule has 98 valence electrons. The molecule has 0 spiro atoms. The van der Waals surface area contributed by atoms with E-state index in [1.165, 1.54) is 0 Å². The van der Waals surface area contributed by atoms with Gasteiger partial charge in [0.05, 0.1) is 5.92 Å². The van der Waals surface area contributed by atoms with Crippen LogP contribution in [0.1, 0.15) is 41.0 Å². The first-order valence-corrected chi connectivity index (χ1v) is 5.85. The molecule has 1 aromatic rings. The molecule has 2 N–H and O–H groups in total. The van der Waals surface area contributed by atoms with E-state index in [1.54, 1.807) is 0 Å². The van der Waals surface area contributed by atoms with Crippen molar-refractivity contribution in [3.8, 4) is 0 Å². The van der Waals surface area contributed by atoms with Gasteiger partial charge in [-0.05, 0) is 43.9 Å². The SMILES string of the molecule is Cc1cc(C)c(C(CCC(=O)O)C(=O)O)c(C)c1. The average molecular weight is 250 g/mol. The second-order valence-corrected chi connectivity index (χ2v) is 4.64. The number of carboxylic acids is 2. The van der Waals surface area contributed by atoms with Gasteiger partial charge in [-0.1, -0.05) is 17.7 Å². The van der Waals surface area contributed by atoms with Gasteiger partial charge in [0, 0.05) is 6.42 Å². The summed E-state index contributed by atoms with van der Waals surface area (Å²) in [6.07, 6.45) is -0.0148. The number of hydrogen-bond acceptors (Lipinski definition) is 2. The average Bonchev–Trinajstić information content (AvgIpc) is 2.20. The van der Waals surface area contributed by atoms with E-state index in [0.717, 1.165) is 22.3 Å². The predicted octanol–water partition coefficient (Wildman–Crippen LogP) is 2.64. The summed E-state index contributed by atoms with van der Waals surface area (Å²) in [5, 5.41) is 17.9. The predicted molar refractivity (Wildman–Crippen MR) is 67.9 cm³/mol. The van der Waals surface area contributed by atoms with E-state index in [2.05, 4.69) is 0 Å². The normalized spacial score (nSPS) is 12.2. The van der Waals surface area contributed by atoms with E-state index >= 15 is 0 Å². The Hall–Kier alpha value is -1.84. The third kappa shape index (κ3) is 3.32. The van der Waals surface area contributed by atoms with E-state index in [1.807, 2.05) is 32.9 Å². The standard InChI is InChI=1S/C14H18O4/c1-8-6-9(2)13(10(3)7-8)11(14(17)18)4-5-12(15)16/h6-7,11H,4-5H2,1-3H3,(H,15,16)(H,17,18). The van der Waals surface area contributed by atoms with Gasteiger partial charge in [-0.25, -0.2) is 0 Å². The van der Waals surface area contributed by atoms with E-state index in [4.69, 9.17) is 5.11 Å². The first kappa shape index (κ1) is 14.2. The summed E-state index contributed by atoms with van der Waals surface area (Å²) in [4.78, 5) is 21.9. The van der Waals surface area contributed by atoms with Gasteiger partial charge < -0.3 is 10.2 Å². The first-order chi connectivity index (χ1) is 8.32. The second-order valence-electron chi connectivity index (χ2n) is 4.64. The van der Waals surface area contributed by atoms with Gasteiger partial charge in [0.1, 0.15) is 0 Å². The molecule has 4 nitrogen and oxygen atoms in total. The highest BCUT2D eigenvalue weighted by Crippen LogP contribution is 2.29. The zero-order chi connectivity index (χ0) is 13.9. The maximum Gasteiger partial charge on any atom is 0.311 e. The quantitative estimate of drug-likeness (QED) is 0.842. The molecule has 0 aliphatic carbocycles. The largest absolute Gasteiger partial charge is 0.481 e. The highest BCUT2D eigenvalue weighted by molar-refractivity contribution is 5.78. The third-order valence-electron chi connectivity index (χ3n) is 3.03. The van der Waals surface area contributed by atoms with E-state index in [0.29, 0.717) is 0 Å². The highest BCUT2D eigenvalue weighted by atomic mass is 16.4. The highest BCUT2D eigenvalue weighted by Gasteiger charge is 2.24. The minimum absolute atomic E-state index is 0.120. The van der Waals surface area contributed by atoms with Gasteiger partial charge in [0.25, 0.3) is 0 Å². The molecule has 1 atom stereocenters. The van der Waals surface area contributed by atoms with Gasteiger partial charge in [0.2, 0.25) is 0 Å². The van der Waals surface area contributed by atoms with Gasteiger partial charge in [-0.3, -0.25) is 9.59 Å². The zero-order valence-electron chi connectivity index (χ0n) is 10.9. The van der Waals surface area contributed by atoms with Crippen LogP contribution < -0.4 is 0 Å². The Kier molecular flexibility index (Phi) is 4.48. The van der Waals surface area contributed by atoms with Gasteiger partial charge in [-0.2, -0.15) is 0 Å². The summed E-state index contributed by atoms with van der Waals surface area (Å²) in [6, 6.07) is 3.86. The first-order valence-electron chi connectivity index (χ1n) is 5.85. The lowest BCUT2D eigenvalue weighted by atomic mass is 9.86. The molecule has 1 unspecified atom stereocenters. The van der Waals surface area contributed by atoms with Crippen LogP contribution in [-0.4, -0.2) is 22.2 Å². The van der Waals surface area contributed by atoms with Gasteiger partial charge in [-0.15, -0.1) is 0 Å². The molecule has 0 aliphatic rings. The Balaban J connectivity index is 3.13. The Morgan fingerprint density at radius 1 is 1.11 bits per heavy atom. The molecule has 0 bridgehead atoms. The van der Waals surface area contributed by atoms with Crippen LogP contribution in [0.3, 0.4) is 0 Å². The molecule has 4 heteroatoms. The summed E-state index contributed by atoms with van der Waals surface area (Å²) in [5.74, 6) is -2.68. The Labute approximate surface area is 106 Å². The van der Waals surface area contributed by atoms with Crippen molar-refractivity contribution < 1.29 is 19.8 Å². The lowest BCUT2D eigenvalue weighted by Crippen LogP contribution is -2.16. The van der Waals surface area contributed by atoms with Crippen molar-refractivity contribution in [2.45, 2.75) is 39.5 Å². The molecule has 1 aromatic carbocycles. The molecule has 0 saturated carbocycles. The molecular weight excluding hydrogens is 232 g/mol. The smallest absolute Gasteiger partial charge is 0.311 e. The molecule has 0 heterocycles. The fourth-order valence-corrected chi connectivity index (χ4v) is 2.40.